The maximum atomic E-state index is 12.6. The molecular weight excluding hydrogens is 372 g/mol. The second-order valence-electron chi connectivity index (χ2n) is 7.60. The molecule has 0 spiro atoms. The minimum Gasteiger partial charge on any atom is -0.308 e. The van der Waals surface area contributed by atoms with E-state index in [4.69, 9.17) is 5.10 Å². The van der Waals surface area contributed by atoms with Gasteiger partial charge in [0.25, 0.3) is 0 Å². The van der Waals surface area contributed by atoms with Gasteiger partial charge in [0.15, 0.2) is 0 Å². The summed E-state index contributed by atoms with van der Waals surface area (Å²) in [5.41, 5.74) is 3.30. The fourth-order valence-electron chi connectivity index (χ4n) is 3.34. The highest BCUT2D eigenvalue weighted by molar-refractivity contribution is 5.99. The predicted octanol–water partition coefficient (Wildman–Crippen LogP) is 5.84. The molecule has 0 aliphatic rings. The Kier molecular flexibility index (Phi) is 5.35. The van der Waals surface area contributed by atoms with E-state index in [1.54, 1.807) is 4.68 Å². The van der Waals surface area contributed by atoms with E-state index in [1.807, 2.05) is 84.9 Å². The molecule has 2 N–H and O–H groups in total. The minimum absolute atomic E-state index is 0.317. The Morgan fingerprint density at radius 2 is 1.37 bits per heavy atom. The molecule has 0 aliphatic heterocycles. The molecule has 2 amide bonds. The maximum Gasteiger partial charge on any atom is 0.324 e. The van der Waals surface area contributed by atoms with Gasteiger partial charge in [0, 0.05) is 17.2 Å². The molecule has 30 heavy (non-hydrogen) atoms. The third kappa shape index (κ3) is 4.10. The van der Waals surface area contributed by atoms with E-state index in [1.165, 1.54) is 0 Å². The van der Waals surface area contributed by atoms with Crippen LogP contribution in [0.1, 0.15) is 25.1 Å². The van der Waals surface area contributed by atoms with Gasteiger partial charge in [-0.25, -0.2) is 9.48 Å². The van der Waals surface area contributed by atoms with E-state index in [0.29, 0.717) is 5.82 Å². The van der Waals surface area contributed by atoms with Crippen LogP contribution in [0.2, 0.25) is 0 Å². The van der Waals surface area contributed by atoms with E-state index >= 15 is 0 Å². The van der Waals surface area contributed by atoms with Crippen LogP contribution in [0, 0.1) is 0 Å². The maximum absolute atomic E-state index is 12.6. The Labute approximate surface area is 176 Å². The van der Waals surface area contributed by atoms with Crippen LogP contribution in [0.25, 0.3) is 5.69 Å². The van der Waals surface area contributed by atoms with Gasteiger partial charge in [0.05, 0.1) is 11.4 Å². The van der Waals surface area contributed by atoms with E-state index in [-0.39, 0.29) is 11.4 Å². The SMILES string of the molecule is CC(C)(c1ccccc1)c1cc(NC(=O)Nc2ccccc2)n(-c2ccccc2)n1. The zero-order valence-electron chi connectivity index (χ0n) is 17.0. The molecule has 0 saturated heterocycles. The molecule has 3 aromatic carbocycles. The lowest BCUT2D eigenvalue weighted by Gasteiger charge is -2.22. The van der Waals surface area contributed by atoms with Crippen molar-refractivity contribution in [1.29, 1.82) is 0 Å². The number of nitrogens with zero attached hydrogens (tertiary/aromatic N) is 2. The summed E-state index contributed by atoms with van der Waals surface area (Å²) in [5, 5.41) is 10.7. The summed E-state index contributed by atoms with van der Waals surface area (Å²) < 4.78 is 1.77. The first-order chi connectivity index (χ1) is 14.5. The summed E-state index contributed by atoms with van der Waals surface area (Å²) in [6.45, 7) is 4.27. The van der Waals surface area contributed by atoms with Crippen molar-refractivity contribution >= 4 is 17.5 Å². The molecule has 1 heterocycles. The van der Waals surface area contributed by atoms with Gasteiger partial charge in [-0.15, -0.1) is 0 Å². The van der Waals surface area contributed by atoms with Crippen LogP contribution in [-0.4, -0.2) is 15.8 Å². The highest BCUT2D eigenvalue weighted by Gasteiger charge is 2.28. The number of hydrogen-bond acceptors (Lipinski definition) is 2. The van der Waals surface area contributed by atoms with Gasteiger partial charge in [-0.1, -0.05) is 80.6 Å². The summed E-state index contributed by atoms with van der Waals surface area (Å²) in [4.78, 5) is 12.6. The van der Waals surface area contributed by atoms with E-state index in [9.17, 15) is 4.79 Å². The van der Waals surface area contributed by atoms with Gasteiger partial charge in [0.1, 0.15) is 5.82 Å². The average Bonchev–Trinajstić information content (AvgIpc) is 3.20. The van der Waals surface area contributed by atoms with Gasteiger partial charge in [-0.05, 0) is 29.8 Å². The number of anilines is 2. The number of hydrogen-bond donors (Lipinski definition) is 2. The molecule has 0 aliphatic carbocycles. The molecule has 1 aromatic heterocycles. The van der Waals surface area contributed by atoms with Crippen LogP contribution >= 0.6 is 0 Å². The molecule has 150 valence electrons. The lowest BCUT2D eigenvalue weighted by molar-refractivity contribution is 0.262. The van der Waals surface area contributed by atoms with Crippen LogP contribution in [0.3, 0.4) is 0 Å². The number of carbonyl (C=O) groups is 1. The summed E-state index contributed by atoms with van der Waals surface area (Å²) in [5.74, 6) is 0.605. The number of para-hydroxylation sites is 2. The van der Waals surface area contributed by atoms with Crippen LogP contribution in [0.15, 0.2) is 97.1 Å². The molecule has 4 rings (SSSR count). The van der Waals surface area contributed by atoms with E-state index < -0.39 is 0 Å². The lowest BCUT2D eigenvalue weighted by atomic mass is 9.82. The largest absolute Gasteiger partial charge is 0.324 e. The first-order valence-corrected chi connectivity index (χ1v) is 9.88. The number of nitrogens with one attached hydrogen (secondary N) is 2. The van der Waals surface area contributed by atoms with Crippen LogP contribution in [-0.2, 0) is 5.41 Å². The molecule has 0 unspecified atom stereocenters. The quantitative estimate of drug-likeness (QED) is 0.445. The lowest BCUT2D eigenvalue weighted by Crippen LogP contribution is -2.21. The number of urea groups is 1. The van der Waals surface area contributed by atoms with Crippen LogP contribution in [0.5, 0.6) is 0 Å². The summed E-state index contributed by atoms with van der Waals surface area (Å²) >= 11 is 0. The zero-order chi connectivity index (χ0) is 21.0. The van der Waals surface area contributed by atoms with Crippen molar-refractivity contribution in [2.24, 2.45) is 0 Å². The van der Waals surface area contributed by atoms with Crippen molar-refractivity contribution in [2.75, 3.05) is 10.6 Å². The highest BCUT2D eigenvalue weighted by atomic mass is 16.2. The molecule has 0 bridgehead atoms. The monoisotopic (exact) mass is 396 g/mol. The Balaban J connectivity index is 1.69. The van der Waals surface area contributed by atoms with Crippen molar-refractivity contribution in [3.63, 3.8) is 0 Å². The first-order valence-electron chi connectivity index (χ1n) is 9.88. The molecule has 0 saturated carbocycles. The normalized spacial score (nSPS) is 11.1. The summed E-state index contributed by atoms with van der Waals surface area (Å²) in [6, 6.07) is 31.0. The Morgan fingerprint density at radius 1 is 0.800 bits per heavy atom. The van der Waals surface area contributed by atoms with Crippen molar-refractivity contribution in [3.05, 3.63) is 108 Å². The highest BCUT2D eigenvalue weighted by Crippen LogP contribution is 2.33. The molecule has 0 atom stereocenters. The molecule has 0 fully saturated rings. The standard InChI is InChI=1S/C25H24N4O/c1-25(2,19-12-6-3-7-13-19)22-18-23(29(28-22)21-16-10-5-11-17-21)27-24(30)26-20-14-8-4-9-15-20/h3-18H,1-2H3,(H2,26,27,30). The molecule has 5 heteroatoms. The number of amides is 2. The van der Waals surface area contributed by atoms with Crippen molar-refractivity contribution in [1.82, 2.24) is 9.78 Å². The number of benzene rings is 3. The first kappa shape index (κ1) is 19.5. The number of carbonyl (C=O) groups excluding carboxylic acids is 1. The molecular formula is C25H24N4O. The van der Waals surface area contributed by atoms with E-state index in [0.717, 1.165) is 22.6 Å². The van der Waals surface area contributed by atoms with Gasteiger partial charge in [0.2, 0.25) is 0 Å². The van der Waals surface area contributed by atoms with Gasteiger partial charge < -0.3 is 5.32 Å². The van der Waals surface area contributed by atoms with Crippen LogP contribution in [0.4, 0.5) is 16.3 Å². The average molecular weight is 396 g/mol. The van der Waals surface area contributed by atoms with Gasteiger partial charge >= 0.3 is 6.03 Å². The third-order valence-corrected chi connectivity index (χ3v) is 5.12. The molecule has 4 aromatic rings. The van der Waals surface area contributed by atoms with Gasteiger partial charge in [-0.2, -0.15) is 5.10 Å². The fourth-order valence-corrected chi connectivity index (χ4v) is 3.34. The summed E-state index contributed by atoms with van der Waals surface area (Å²) in [7, 11) is 0. The third-order valence-electron chi connectivity index (χ3n) is 5.12. The molecule has 0 radical (unpaired) electrons. The minimum atomic E-state index is -0.326. The Hall–Kier alpha value is -3.86. The predicted molar refractivity (Wildman–Crippen MR) is 121 cm³/mol. The fraction of sp³-hybridized carbons (Fsp3) is 0.120. The second-order valence-corrected chi connectivity index (χ2v) is 7.60. The Bertz CT molecular complexity index is 1120. The molecule has 5 nitrogen and oxygen atoms in total. The van der Waals surface area contributed by atoms with Crippen molar-refractivity contribution < 1.29 is 4.79 Å². The van der Waals surface area contributed by atoms with Gasteiger partial charge in [-0.3, -0.25) is 5.32 Å². The second kappa shape index (κ2) is 8.25. The topological polar surface area (TPSA) is 59.0 Å². The van der Waals surface area contributed by atoms with Crippen molar-refractivity contribution in [2.45, 2.75) is 19.3 Å². The van der Waals surface area contributed by atoms with E-state index in [2.05, 4.69) is 36.6 Å². The Morgan fingerprint density at radius 3 is 2.00 bits per heavy atom. The summed E-state index contributed by atoms with van der Waals surface area (Å²) in [6.07, 6.45) is 0. The zero-order valence-corrected chi connectivity index (χ0v) is 17.0. The number of aromatic nitrogens is 2. The number of rotatable bonds is 5. The smallest absolute Gasteiger partial charge is 0.308 e. The van der Waals surface area contributed by atoms with Crippen LogP contribution < -0.4 is 10.6 Å². The van der Waals surface area contributed by atoms with Crippen molar-refractivity contribution in [3.8, 4) is 5.69 Å².